The van der Waals surface area contributed by atoms with Gasteiger partial charge in [-0.3, -0.25) is 14.4 Å². The van der Waals surface area contributed by atoms with Crippen molar-refractivity contribution in [3.05, 3.63) is 85.1 Å². The Morgan fingerprint density at radius 2 is 0.591 bits per heavy atom. The fraction of sp³-hybridized carbons (Fsp3) is 0.717. The van der Waals surface area contributed by atoms with Crippen LogP contribution in [-0.4, -0.2) is 37.2 Å². The van der Waals surface area contributed by atoms with Crippen LogP contribution in [0.25, 0.3) is 0 Å². The van der Waals surface area contributed by atoms with E-state index in [0.29, 0.717) is 19.3 Å². The van der Waals surface area contributed by atoms with Gasteiger partial charge in [-0.15, -0.1) is 0 Å². The highest BCUT2D eigenvalue weighted by Gasteiger charge is 2.19. The van der Waals surface area contributed by atoms with Gasteiger partial charge < -0.3 is 14.2 Å². The van der Waals surface area contributed by atoms with Crippen LogP contribution in [0.15, 0.2) is 85.1 Å². The van der Waals surface area contributed by atoms with Crippen molar-refractivity contribution in [2.75, 3.05) is 13.2 Å². The predicted octanol–water partition coefficient (Wildman–Crippen LogP) is 18.4. The Bertz CT molecular complexity index is 1290. The Balaban J connectivity index is 4.26. The first-order valence-electron chi connectivity index (χ1n) is 27.6. The van der Waals surface area contributed by atoms with E-state index in [4.69, 9.17) is 14.2 Å². The van der Waals surface area contributed by atoms with Gasteiger partial charge in [-0.2, -0.15) is 0 Å². The van der Waals surface area contributed by atoms with Crippen molar-refractivity contribution in [3.63, 3.8) is 0 Å². The summed E-state index contributed by atoms with van der Waals surface area (Å²) in [6.45, 7) is 6.45. The van der Waals surface area contributed by atoms with Gasteiger partial charge in [0.25, 0.3) is 0 Å². The van der Waals surface area contributed by atoms with E-state index in [1.807, 2.05) is 0 Å². The number of unbranched alkanes of at least 4 members (excludes halogenated alkanes) is 24. The summed E-state index contributed by atoms with van der Waals surface area (Å²) in [4.78, 5) is 37.9. The predicted molar refractivity (Wildman–Crippen MR) is 284 cm³/mol. The Labute approximate surface area is 407 Å². The number of rotatable bonds is 49. The Morgan fingerprint density at radius 1 is 0.318 bits per heavy atom. The Morgan fingerprint density at radius 3 is 0.939 bits per heavy atom. The zero-order chi connectivity index (χ0) is 47.9. The van der Waals surface area contributed by atoms with Gasteiger partial charge in [-0.05, 0) is 96.3 Å². The standard InChI is InChI=1S/C60H102O6/c1-4-7-10-13-16-18-20-22-24-26-28-29-30-31-32-34-35-37-39-41-44-47-50-53-59(62)65-56-57(55-64-58(61)52-49-46-43-15-12-9-6-3)66-60(63)54-51-48-45-42-40-38-36-33-27-25-23-21-19-17-14-11-8-5-2/h7,10,16,18-19,21-22,24-25,27-29,31-32,57H,4-6,8-9,11-15,17,20,23,26,30,33-56H2,1-3H3/b10-7-,18-16-,21-19-,24-22-,27-25-,29-28-,32-31-. The van der Waals surface area contributed by atoms with Crippen LogP contribution in [0.5, 0.6) is 0 Å². The summed E-state index contributed by atoms with van der Waals surface area (Å²) in [5, 5.41) is 0. The molecule has 6 heteroatoms. The Kier molecular flexibility index (Phi) is 51.4. The van der Waals surface area contributed by atoms with E-state index in [2.05, 4.69) is 106 Å². The fourth-order valence-electron chi connectivity index (χ4n) is 7.50. The van der Waals surface area contributed by atoms with Crippen molar-refractivity contribution in [2.45, 2.75) is 264 Å². The lowest BCUT2D eigenvalue weighted by Crippen LogP contribution is -2.30. The molecule has 0 aliphatic rings. The molecular weight excluding hydrogens is 817 g/mol. The minimum atomic E-state index is -0.783. The molecular formula is C60H102O6. The van der Waals surface area contributed by atoms with Crippen molar-refractivity contribution in [1.29, 1.82) is 0 Å². The minimum Gasteiger partial charge on any atom is -0.462 e. The van der Waals surface area contributed by atoms with Gasteiger partial charge in [0.1, 0.15) is 13.2 Å². The number of carbonyl (C=O) groups is 3. The van der Waals surface area contributed by atoms with E-state index in [1.54, 1.807) is 0 Å². The SMILES string of the molecule is CC/C=C\C/C=C\C/C=C\C/C=C\C/C=C\CCCCCCCCCC(=O)OCC(COC(=O)CCCCCCCCC)OC(=O)CCCCCCCCC/C=C\C/C=C\CCCCCC. The molecule has 0 aromatic heterocycles. The highest BCUT2D eigenvalue weighted by molar-refractivity contribution is 5.71. The molecule has 0 fully saturated rings. The van der Waals surface area contributed by atoms with Crippen LogP contribution in [0, 0.1) is 0 Å². The molecule has 0 radical (unpaired) electrons. The first kappa shape index (κ1) is 62.6. The highest BCUT2D eigenvalue weighted by Crippen LogP contribution is 2.14. The molecule has 0 aromatic carbocycles. The molecule has 6 nitrogen and oxygen atoms in total. The number of hydrogen-bond acceptors (Lipinski definition) is 6. The topological polar surface area (TPSA) is 78.9 Å². The molecule has 0 aromatic rings. The molecule has 1 atom stereocenters. The quantitative estimate of drug-likeness (QED) is 0.0262. The van der Waals surface area contributed by atoms with Gasteiger partial charge in [-0.25, -0.2) is 0 Å². The summed E-state index contributed by atoms with van der Waals surface area (Å²) in [7, 11) is 0. The van der Waals surface area contributed by atoms with Crippen LogP contribution in [0.3, 0.4) is 0 Å². The molecule has 0 amide bonds. The van der Waals surface area contributed by atoms with Crippen molar-refractivity contribution in [2.24, 2.45) is 0 Å². The van der Waals surface area contributed by atoms with E-state index in [1.165, 1.54) is 109 Å². The summed E-state index contributed by atoms with van der Waals surface area (Å²) in [5.41, 5.74) is 0. The summed E-state index contributed by atoms with van der Waals surface area (Å²) in [5.74, 6) is -0.906. The summed E-state index contributed by atoms with van der Waals surface area (Å²) in [6.07, 6.45) is 70.1. The lowest BCUT2D eigenvalue weighted by molar-refractivity contribution is -0.167. The van der Waals surface area contributed by atoms with Gasteiger partial charge in [0.05, 0.1) is 0 Å². The van der Waals surface area contributed by atoms with Gasteiger partial charge >= 0.3 is 17.9 Å². The lowest BCUT2D eigenvalue weighted by Gasteiger charge is -2.18. The molecule has 0 saturated heterocycles. The molecule has 0 bridgehead atoms. The molecule has 1 unspecified atom stereocenters. The van der Waals surface area contributed by atoms with Gasteiger partial charge in [0.15, 0.2) is 6.10 Å². The smallest absolute Gasteiger partial charge is 0.306 e. The summed E-state index contributed by atoms with van der Waals surface area (Å²) < 4.78 is 16.8. The van der Waals surface area contributed by atoms with Crippen LogP contribution in [0.1, 0.15) is 258 Å². The number of allylic oxidation sites excluding steroid dienone is 14. The molecule has 0 saturated carbocycles. The molecule has 66 heavy (non-hydrogen) atoms. The largest absolute Gasteiger partial charge is 0.462 e. The van der Waals surface area contributed by atoms with Crippen molar-refractivity contribution >= 4 is 17.9 Å². The zero-order valence-corrected chi connectivity index (χ0v) is 43.2. The second-order valence-electron chi connectivity index (χ2n) is 18.1. The first-order valence-corrected chi connectivity index (χ1v) is 27.6. The molecule has 0 spiro atoms. The molecule has 0 rings (SSSR count). The van der Waals surface area contributed by atoms with Crippen LogP contribution >= 0.6 is 0 Å². The number of carbonyl (C=O) groups excluding carboxylic acids is 3. The maximum absolute atomic E-state index is 12.8. The summed E-state index contributed by atoms with van der Waals surface area (Å²) >= 11 is 0. The fourth-order valence-corrected chi connectivity index (χ4v) is 7.50. The van der Waals surface area contributed by atoms with Gasteiger partial charge in [0, 0.05) is 19.3 Å². The van der Waals surface area contributed by atoms with Crippen molar-refractivity contribution < 1.29 is 28.6 Å². The first-order chi connectivity index (χ1) is 32.5. The van der Waals surface area contributed by atoms with Crippen LogP contribution in [0.4, 0.5) is 0 Å². The third-order valence-corrected chi connectivity index (χ3v) is 11.6. The maximum Gasteiger partial charge on any atom is 0.306 e. The van der Waals surface area contributed by atoms with Gasteiger partial charge in [0.2, 0.25) is 0 Å². The molecule has 0 heterocycles. The number of esters is 3. The van der Waals surface area contributed by atoms with Gasteiger partial charge in [-0.1, -0.05) is 228 Å². The zero-order valence-electron chi connectivity index (χ0n) is 43.2. The highest BCUT2D eigenvalue weighted by atomic mass is 16.6. The molecule has 0 aliphatic heterocycles. The third kappa shape index (κ3) is 51.6. The third-order valence-electron chi connectivity index (χ3n) is 11.6. The second-order valence-corrected chi connectivity index (χ2v) is 18.1. The van der Waals surface area contributed by atoms with E-state index < -0.39 is 6.10 Å². The Hall–Kier alpha value is -3.41. The molecule has 0 aliphatic carbocycles. The normalized spacial score (nSPS) is 12.7. The minimum absolute atomic E-state index is 0.0829. The van der Waals surface area contributed by atoms with Crippen molar-refractivity contribution in [1.82, 2.24) is 0 Å². The van der Waals surface area contributed by atoms with Crippen LogP contribution < -0.4 is 0 Å². The van der Waals surface area contributed by atoms with Crippen molar-refractivity contribution in [3.8, 4) is 0 Å². The average Bonchev–Trinajstić information content (AvgIpc) is 3.31. The summed E-state index contributed by atoms with van der Waals surface area (Å²) in [6, 6.07) is 0. The monoisotopic (exact) mass is 919 g/mol. The maximum atomic E-state index is 12.8. The molecule has 378 valence electrons. The van der Waals surface area contributed by atoms with Crippen LogP contribution in [0.2, 0.25) is 0 Å². The second kappa shape index (κ2) is 54.2. The van der Waals surface area contributed by atoms with E-state index >= 15 is 0 Å². The lowest BCUT2D eigenvalue weighted by atomic mass is 10.1. The van der Waals surface area contributed by atoms with E-state index in [9.17, 15) is 14.4 Å². The van der Waals surface area contributed by atoms with E-state index in [0.717, 1.165) is 109 Å². The van der Waals surface area contributed by atoms with E-state index in [-0.39, 0.29) is 31.1 Å². The van der Waals surface area contributed by atoms with Crippen LogP contribution in [-0.2, 0) is 28.6 Å². The number of hydrogen-bond donors (Lipinski definition) is 0. The molecule has 0 N–H and O–H groups in total. The number of ether oxygens (including phenoxy) is 3. The average molecular weight is 919 g/mol.